The predicted octanol–water partition coefficient (Wildman–Crippen LogP) is 2.49. The molecule has 0 radical (unpaired) electrons. The Hall–Kier alpha value is 0.270. The molecule has 0 amide bonds. The van der Waals surface area contributed by atoms with E-state index in [4.69, 9.17) is 4.74 Å². The van der Waals surface area contributed by atoms with Crippen molar-refractivity contribution in [2.75, 3.05) is 45.4 Å². The van der Waals surface area contributed by atoms with Crippen molar-refractivity contribution >= 4 is 11.8 Å². The zero-order valence-corrected chi connectivity index (χ0v) is 10.7. The molecule has 0 bridgehead atoms. The Bertz CT molecular complexity index is 111. The fourth-order valence-electron chi connectivity index (χ4n) is 1.14. The normalized spacial score (nSPS) is 11.1. The summed E-state index contributed by atoms with van der Waals surface area (Å²) >= 11 is 1.91. The smallest absolute Gasteiger partial charge is 0.0478 e. The number of ether oxygens (including phenoxy) is 1. The summed E-state index contributed by atoms with van der Waals surface area (Å²) in [5.74, 6) is 1.23. The van der Waals surface area contributed by atoms with Crippen molar-refractivity contribution in [1.82, 2.24) is 4.90 Å². The van der Waals surface area contributed by atoms with Gasteiger partial charge in [-0.2, -0.15) is 11.8 Å². The second-order valence-corrected chi connectivity index (χ2v) is 4.60. The molecule has 14 heavy (non-hydrogen) atoms. The Morgan fingerprint density at radius 1 is 1.14 bits per heavy atom. The van der Waals surface area contributed by atoms with E-state index in [1.807, 2.05) is 11.8 Å². The van der Waals surface area contributed by atoms with E-state index in [1.165, 1.54) is 25.1 Å². The van der Waals surface area contributed by atoms with E-state index < -0.39 is 0 Å². The van der Waals surface area contributed by atoms with Crippen LogP contribution in [-0.4, -0.2) is 50.3 Å². The van der Waals surface area contributed by atoms with Crippen molar-refractivity contribution < 1.29 is 4.74 Å². The van der Waals surface area contributed by atoms with Crippen molar-refractivity contribution in [3.8, 4) is 0 Å². The fourth-order valence-corrected chi connectivity index (χ4v) is 1.64. The van der Waals surface area contributed by atoms with Gasteiger partial charge in [0.2, 0.25) is 0 Å². The molecule has 0 aromatic rings. The van der Waals surface area contributed by atoms with Gasteiger partial charge in [-0.05, 0) is 26.1 Å². The van der Waals surface area contributed by atoms with E-state index in [9.17, 15) is 0 Å². The van der Waals surface area contributed by atoms with Gasteiger partial charge in [0.05, 0.1) is 0 Å². The van der Waals surface area contributed by atoms with E-state index >= 15 is 0 Å². The summed E-state index contributed by atoms with van der Waals surface area (Å²) in [6, 6.07) is 0. The van der Waals surface area contributed by atoms with Crippen LogP contribution in [-0.2, 0) is 4.74 Å². The summed E-state index contributed by atoms with van der Waals surface area (Å²) in [4.78, 5) is 2.37. The van der Waals surface area contributed by atoms with E-state index in [-0.39, 0.29) is 0 Å². The Morgan fingerprint density at radius 3 is 2.50 bits per heavy atom. The molecule has 0 N–H and O–H groups in total. The highest BCUT2D eigenvalue weighted by Crippen LogP contribution is 1.95. The molecule has 0 saturated heterocycles. The highest BCUT2D eigenvalue weighted by atomic mass is 32.2. The maximum absolute atomic E-state index is 5.50. The molecule has 2 nitrogen and oxygen atoms in total. The second kappa shape index (κ2) is 11.3. The topological polar surface area (TPSA) is 12.5 Å². The van der Waals surface area contributed by atoms with Crippen LogP contribution in [0.2, 0.25) is 0 Å². The average Bonchev–Trinajstić information content (AvgIpc) is 2.20. The molecule has 0 saturated carbocycles. The lowest BCUT2D eigenvalue weighted by atomic mass is 10.3. The molecule has 0 aliphatic carbocycles. The third-order valence-electron chi connectivity index (χ3n) is 2.15. The van der Waals surface area contributed by atoms with Gasteiger partial charge in [0.25, 0.3) is 0 Å². The van der Waals surface area contributed by atoms with Gasteiger partial charge in [-0.25, -0.2) is 0 Å². The molecule has 0 fully saturated rings. The van der Waals surface area contributed by atoms with Gasteiger partial charge in [0, 0.05) is 32.1 Å². The quantitative estimate of drug-likeness (QED) is 0.524. The maximum atomic E-state index is 5.50. The van der Waals surface area contributed by atoms with E-state index in [0.29, 0.717) is 0 Å². The van der Waals surface area contributed by atoms with Gasteiger partial charge < -0.3 is 9.64 Å². The van der Waals surface area contributed by atoms with Crippen molar-refractivity contribution in [2.24, 2.45) is 0 Å². The van der Waals surface area contributed by atoms with Crippen molar-refractivity contribution in [2.45, 2.75) is 26.2 Å². The monoisotopic (exact) mass is 219 g/mol. The lowest BCUT2D eigenvalue weighted by Crippen LogP contribution is -2.23. The summed E-state index contributed by atoms with van der Waals surface area (Å²) in [6.07, 6.45) is 5.74. The summed E-state index contributed by atoms with van der Waals surface area (Å²) in [5, 5.41) is 0. The van der Waals surface area contributed by atoms with Crippen LogP contribution in [0.3, 0.4) is 0 Å². The molecule has 0 aliphatic rings. The van der Waals surface area contributed by atoms with E-state index in [2.05, 4.69) is 25.1 Å². The zero-order valence-electron chi connectivity index (χ0n) is 9.92. The van der Waals surface area contributed by atoms with Crippen LogP contribution in [0.4, 0.5) is 0 Å². The molecule has 0 aliphatic heterocycles. The van der Waals surface area contributed by atoms with Crippen LogP contribution in [0.1, 0.15) is 26.2 Å². The number of hydrogen-bond donors (Lipinski definition) is 0. The Morgan fingerprint density at radius 2 is 1.86 bits per heavy atom. The molecular formula is C11H25NOS. The minimum atomic E-state index is 0.920. The van der Waals surface area contributed by atoms with Gasteiger partial charge >= 0.3 is 0 Å². The van der Waals surface area contributed by atoms with Crippen molar-refractivity contribution in [3.05, 3.63) is 0 Å². The standard InChI is InChI=1S/C11H25NOS/c1-4-5-9-13-10-6-7-12(2)8-11-14-3/h4-11H2,1-3H3. The van der Waals surface area contributed by atoms with Crippen LogP contribution in [0.15, 0.2) is 0 Å². The summed E-state index contributed by atoms with van der Waals surface area (Å²) < 4.78 is 5.50. The highest BCUT2D eigenvalue weighted by molar-refractivity contribution is 7.98. The molecular weight excluding hydrogens is 194 g/mol. The minimum Gasteiger partial charge on any atom is -0.381 e. The first-order valence-electron chi connectivity index (χ1n) is 5.56. The molecule has 3 heteroatoms. The molecule has 0 unspecified atom stereocenters. The summed E-state index contributed by atoms with van der Waals surface area (Å²) in [7, 11) is 2.18. The lowest BCUT2D eigenvalue weighted by Gasteiger charge is -2.15. The predicted molar refractivity (Wildman–Crippen MR) is 66.2 cm³/mol. The summed E-state index contributed by atoms with van der Waals surface area (Å²) in [5.41, 5.74) is 0. The van der Waals surface area contributed by atoms with Crippen molar-refractivity contribution in [1.29, 1.82) is 0 Å². The number of unbranched alkanes of at least 4 members (excludes halogenated alkanes) is 1. The van der Waals surface area contributed by atoms with Gasteiger partial charge in [0.1, 0.15) is 0 Å². The van der Waals surface area contributed by atoms with Gasteiger partial charge in [-0.1, -0.05) is 13.3 Å². The zero-order chi connectivity index (χ0) is 10.6. The molecule has 0 atom stereocenters. The molecule has 0 rings (SSSR count). The van der Waals surface area contributed by atoms with Crippen LogP contribution in [0, 0.1) is 0 Å². The van der Waals surface area contributed by atoms with Crippen LogP contribution >= 0.6 is 11.8 Å². The molecule has 0 heterocycles. The number of hydrogen-bond acceptors (Lipinski definition) is 3. The van der Waals surface area contributed by atoms with Crippen LogP contribution in [0.25, 0.3) is 0 Å². The van der Waals surface area contributed by atoms with Gasteiger partial charge in [0.15, 0.2) is 0 Å². The largest absolute Gasteiger partial charge is 0.381 e. The second-order valence-electron chi connectivity index (χ2n) is 3.62. The van der Waals surface area contributed by atoms with E-state index in [1.54, 1.807) is 0 Å². The summed E-state index contributed by atoms with van der Waals surface area (Å²) in [6.45, 7) is 6.40. The fraction of sp³-hybridized carbons (Fsp3) is 1.00. The molecule has 86 valence electrons. The average molecular weight is 219 g/mol. The first-order chi connectivity index (χ1) is 6.81. The lowest BCUT2D eigenvalue weighted by molar-refractivity contribution is 0.121. The third kappa shape index (κ3) is 10.4. The van der Waals surface area contributed by atoms with Gasteiger partial charge in [-0.3, -0.25) is 0 Å². The highest BCUT2D eigenvalue weighted by Gasteiger charge is 1.96. The van der Waals surface area contributed by atoms with Gasteiger partial charge in [-0.15, -0.1) is 0 Å². The third-order valence-corrected chi connectivity index (χ3v) is 2.74. The first-order valence-corrected chi connectivity index (χ1v) is 6.95. The molecule has 0 aromatic heterocycles. The Balaban J connectivity index is 3.02. The number of nitrogens with zero attached hydrogens (tertiary/aromatic N) is 1. The SMILES string of the molecule is CCCCOCCCN(C)CCSC. The van der Waals surface area contributed by atoms with Crippen LogP contribution in [0.5, 0.6) is 0 Å². The maximum Gasteiger partial charge on any atom is 0.0478 e. The number of rotatable bonds is 10. The number of thioether (sulfide) groups is 1. The Labute approximate surface area is 93.4 Å². The van der Waals surface area contributed by atoms with Crippen LogP contribution < -0.4 is 0 Å². The first kappa shape index (κ1) is 14.3. The molecule has 0 spiro atoms. The Kier molecular flexibility index (Phi) is 11.6. The van der Waals surface area contributed by atoms with E-state index in [0.717, 1.165) is 26.2 Å². The molecule has 0 aromatic carbocycles. The minimum absolute atomic E-state index is 0.920. The van der Waals surface area contributed by atoms with Crippen molar-refractivity contribution in [3.63, 3.8) is 0 Å².